The van der Waals surface area contributed by atoms with Gasteiger partial charge in [-0.1, -0.05) is 39.6 Å². The zero-order valence-corrected chi connectivity index (χ0v) is 29.3. The van der Waals surface area contributed by atoms with E-state index < -0.39 is 5.24 Å². The molecule has 14 heteroatoms. The Morgan fingerprint density at radius 2 is 1.18 bits per heavy atom. The molecule has 0 aliphatic heterocycles. The molecule has 4 aromatic heterocycles. The van der Waals surface area contributed by atoms with Gasteiger partial charge in [0.1, 0.15) is 23.2 Å². The molecule has 0 saturated heterocycles. The number of aromatic amines is 2. The first-order chi connectivity index (χ1) is 24.5. The summed E-state index contributed by atoms with van der Waals surface area (Å²) in [4.78, 5) is 38.4. The maximum Gasteiger partial charge on any atom is 0.257 e. The van der Waals surface area contributed by atoms with Gasteiger partial charge in [0.25, 0.3) is 5.24 Å². The maximum atomic E-state index is 12.4. The molecule has 0 bridgehead atoms. The zero-order chi connectivity index (χ0) is 36.1. The van der Waals surface area contributed by atoms with Crippen LogP contribution in [0.5, 0.6) is 0 Å². The van der Waals surface area contributed by atoms with Gasteiger partial charge in [0, 0.05) is 33.3 Å². The Bertz CT molecular complexity index is 2460. The van der Waals surface area contributed by atoms with Crippen LogP contribution in [0.3, 0.4) is 0 Å². The van der Waals surface area contributed by atoms with Crippen LogP contribution in [0.25, 0.3) is 44.8 Å². The van der Waals surface area contributed by atoms with E-state index in [-0.39, 0.29) is 12.2 Å². The van der Waals surface area contributed by atoms with Crippen molar-refractivity contribution in [1.82, 2.24) is 30.2 Å². The number of imidazole rings is 2. The largest absolute Gasteiger partial charge is 0.399 e. The van der Waals surface area contributed by atoms with Crippen molar-refractivity contribution in [2.24, 2.45) is 0 Å². The summed E-state index contributed by atoms with van der Waals surface area (Å²) < 4.78 is 9.53. The van der Waals surface area contributed by atoms with Crippen LogP contribution in [0.4, 0.5) is 5.69 Å². The Hall–Kier alpha value is -5.75. The van der Waals surface area contributed by atoms with Gasteiger partial charge in [-0.3, -0.25) is 9.59 Å². The molecule has 11 nitrogen and oxygen atoms in total. The monoisotopic (exact) mass is 739 g/mol. The fraction of sp³-hybridized carbons (Fsp3) is 0.0811. The lowest BCUT2D eigenvalue weighted by atomic mass is 10.0. The van der Waals surface area contributed by atoms with Gasteiger partial charge in [-0.2, -0.15) is 0 Å². The van der Waals surface area contributed by atoms with Gasteiger partial charge in [-0.15, -0.1) is 0 Å². The third kappa shape index (κ3) is 8.53. The molecule has 0 aliphatic rings. The van der Waals surface area contributed by atoms with E-state index in [0.717, 1.165) is 56.1 Å². The minimum Gasteiger partial charge on any atom is -0.399 e. The highest BCUT2D eigenvalue weighted by Gasteiger charge is 2.15. The van der Waals surface area contributed by atoms with E-state index in [0.29, 0.717) is 32.7 Å². The molecule has 0 radical (unpaired) electrons. The van der Waals surface area contributed by atoms with Crippen LogP contribution in [0.1, 0.15) is 37.8 Å². The molecule has 0 spiro atoms. The number of rotatable bonds is 6. The molecule has 51 heavy (non-hydrogen) atoms. The number of aromatic nitrogens is 6. The molecule has 0 aliphatic carbocycles. The molecule has 0 fully saturated rings. The van der Waals surface area contributed by atoms with Gasteiger partial charge < -0.3 is 24.7 Å². The zero-order valence-electron chi connectivity index (χ0n) is 27.1. The fourth-order valence-electron chi connectivity index (χ4n) is 5.02. The summed E-state index contributed by atoms with van der Waals surface area (Å²) in [6, 6.07) is 26.4. The van der Waals surface area contributed by atoms with Gasteiger partial charge in [0.05, 0.1) is 45.6 Å². The Balaban J connectivity index is 0.000000148. The van der Waals surface area contributed by atoms with E-state index in [4.69, 9.17) is 45.1 Å². The number of carbonyl (C=O) groups excluding carboxylic acids is 2. The summed E-state index contributed by atoms with van der Waals surface area (Å²) in [5.74, 6) is 2.57. The van der Waals surface area contributed by atoms with Crippen LogP contribution in [-0.2, 0) is 6.42 Å². The third-order valence-electron chi connectivity index (χ3n) is 7.67. The number of nitrogen functional groups attached to an aromatic ring is 1. The number of benzene rings is 4. The van der Waals surface area contributed by atoms with Gasteiger partial charge in [0.15, 0.2) is 5.78 Å². The number of ketones is 1. The third-order valence-corrected chi connectivity index (χ3v) is 8.37. The molecule has 0 amide bonds. The van der Waals surface area contributed by atoms with E-state index >= 15 is 0 Å². The fourth-order valence-corrected chi connectivity index (χ4v) is 5.45. The lowest BCUT2D eigenvalue weighted by Crippen LogP contribution is -2.03. The van der Waals surface area contributed by atoms with E-state index in [1.165, 1.54) is 12.4 Å². The van der Waals surface area contributed by atoms with Gasteiger partial charge in [-0.25, -0.2) is 9.97 Å². The number of nitrogens with two attached hydrogens (primary N) is 1. The number of carbonyl (C=O) groups is 2. The molecular weight excluding hydrogens is 713 g/mol. The number of hydrogen-bond donors (Lipinski definition) is 3. The molecular formula is C37H28Cl3N7O4. The molecule has 4 aromatic carbocycles. The molecule has 4 heterocycles. The molecule has 8 rings (SSSR count). The number of fused-ring (bicyclic) bond motifs is 2. The first-order valence-corrected chi connectivity index (χ1v) is 16.5. The lowest BCUT2D eigenvalue weighted by molar-refractivity contribution is 0.0990. The minimum absolute atomic E-state index is 0.0180. The van der Waals surface area contributed by atoms with Crippen molar-refractivity contribution in [3.8, 4) is 22.8 Å². The molecule has 0 saturated carbocycles. The highest BCUT2D eigenvalue weighted by Crippen LogP contribution is 2.25. The highest BCUT2D eigenvalue weighted by molar-refractivity contribution is 6.67. The van der Waals surface area contributed by atoms with Crippen molar-refractivity contribution in [3.63, 3.8) is 0 Å². The highest BCUT2D eigenvalue weighted by atomic mass is 35.5. The number of halogens is 3. The Labute approximate surface area is 305 Å². The number of hydrogen-bond acceptors (Lipinski definition) is 9. The van der Waals surface area contributed by atoms with E-state index in [2.05, 4.69) is 34.8 Å². The first-order valence-electron chi connectivity index (χ1n) is 15.4. The minimum atomic E-state index is -0.534. The summed E-state index contributed by atoms with van der Waals surface area (Å²) in [6.07, 6.45) is 3.04. The predicted molar refractivity (Wildman–Crippen MR) is 198 cm³/mol. The standard InChI is InChI=1S/C19H14ClN3O2.C13H10ClN3.C5H4ClNO2/c1-11-15(10-21-25-11)18(24)9-12-2-7-16-17(8-12)23-19(22-16)13-3-5-14(20)6-4-13;14-9-3-1-8(2-4-9)13-16-11-6-5-10(15)7-12(11)17-13;1-3-4(5(6)8)2-7-9-3/h2-8,10H,9H2,1H3,(H,22,23);1-7H,15H2,(H,16,17);2H,1H3. The molecule has 0 atom stereocenters. The quantitative estimate of drug-likeness (QED) is 0.0854. The van der Waals surface area contributed by atoms with Crippen LogP contribution >= 0.6 is 34.8 Å². The number of aryl methyl sites for hydroxylation is 2. The molecule has 4 N–H and O–H groups in total. The van der Waals surface area contributed by atoms with Crippen LogP contribution in [0.2, 0.25) is 10.0 Å². The van der Waals surface area contributed by atoms with Crippen molar-refractivity contribution in [1.29, 1.82) is 0 Å². The van der Waals surface area contributed by atoms with Gasteiger partial charge in [-0.05, 0) is 110 Å². The Morgan fingerprint density at radius 1 is 0.686 bits per heavy atom. The van der Waals surface area contributed by atoms with Crippen LogP contribution in [-0.4, -0.2) is 41.3 Å². The van der Waals surface area contributed by atoms with Crippen LogP contribution in [0.15, 0.2) is 106 Å². The van der Waals surface area contributed by atoms with E-state index in [1.807, 2.05) is 84.9 Å². The average Bonchev–Trinajstić information content (AvgIpc) is 3.92. The van der Waals surface area contributed by atoms with Gasteiger partial charge in [0.2, 0.25) is 0 Å². The lowest BCUT2D eigenvalue weighted by Gasteiger charge is -2.00. The predicted octanol–water partition coefficient (Wildman–Crippen LogP) is 9.43. The summed E-state index contributed by atoms with van der Waals surface area (Å²) >= 11 is 16.9. The first kappa shape index (κ1) is 35.1. The smallest absolute Gasteiger partial charge is 0.257 e. The summed E-state index contributed by atoms with van der Waals surface area (Å²) in [5.41, 5.74) is 13.8. The maximum absolute atomic E-state index is 12.4. The van der Waals surface area contributed by atoms with Crippen molar-refractivity contribution in [2.45, 2.75) is 20.3 Å². The molecule has 256 valence electrons. The number of nitrogens with zero attached hydrogens (tertiary/aromatic N) is 4. The molecule has 0 unspecified atom stereocenters. The van der Waals surface area contributed by atoms with E-state index in [1.54, 1.807) is 13.8 Å². The Kier molecular flexibility index (Phi) is 10.6. The topological polar surface area (TPSA) is 170 Å². The number of anilines is 1. The van der Waals surface area contributed by atoms with Crippen LogP contribution < -0.4 is 5.73 Å². The van der Waals surface area contributed by atoms with Crippen molar-refractivity contribution in [3.05, 3.63) is 136 Å². The second-order valence-corrected chi connectivity index (χ2v) is 12.5. The average molecular weight is 741 g/mol. The van der Waals surface area contributed by atoms with Crippen molar-refractivity contribution in [2.75, 3.05) is 5.73 Å². The second kappa shape index (κ2) is 15.4. The van der Waals surface area contributed by atoms with Crippen molar-refractivity contribution < 1.29 is 18.6 Å². The number of Topliss-reactive ketones (excluding diaryl/α,β-unsaturated/α-hetero) is 1. The number of nitrogens with one attached hydrogen (secondary N) is 2. The summed E-state index contributed by atoms with van der Waals surface area (Å²) in [7, 11) is 0. The SMILES string of the molecule is Cc1oncc1C(=O)Cc1ccc2nc(-c3ccc(Cl)cc3)[nH]c2c1.Cc1oncc1C(=O)Cl.Nc1ccc2nc(-c3ccc(Cl)cc3)[nH]c2c1. The van der Waals surface area contributed by atoms with Crippen LogP contribution in [0, 0.1) is 13.8 Å². The normalized spacial score (nSPS) is 10.8. The van der Waals surface area contributed by atoms with Gasteiger partial charge >= 0.3 is 0 Å². The summed E-state index contributed by atoms with van der Waals surface area (Å²) in [6.45, 7) is 3.36. The van der Waals surface area contributed by atoms with E-state index in [9.17, 15) is 9.59 Å². The Morgan fingerprint density at radius 3 is 1.65 bits per heavy atom. The molecule has 8 aromatic rings. The number of H-pyrrole nitrogens is 2. The van der Waals surface area contributed by atoms with Crippen molar-refractivity contribution >= 4 is 73.6 Å². The second-order valence-electron chi connectivity index (χ2n) is 11.3. The summed E-state index contributed by atoms with van der Waals surface area (Å²) in [5, 5.41) is 7.89.